The minimum absolute atomic E-state index is 0.0282. The zero-order valence-corrected chi connectivity index (χ0v) is 19.7. The van der Waals surface area contributed by atoms with Crippen LogP contribution >= 0.6 is 0 Å². The summed E-state index contributed by atoms with van der Waals surface area (Å²) in [5.74, 6) is -0.907. The zero-order valence-electron chi connectivity index (χ0n) is 19.7. The lowest BCUT2D eigenvalue weighted by Gasteiger charge is -2.23. The van der Waals surface area contributed by atoms with Crippen LogP contribution in [0.25, 0.3) is 22.2 Å². The highest BCUT2D eigenvalue weighted by molar-refractivity contribution is 6.06. The number of benzene rings is 2. The van der Waals surface area contributed by atoms with Crippen molar-refractivity contribution in [1.29, 1.82) is 0 Å². The molecule has 3 rings (SSSR count). The number of rotatable bonds is 10. The second-order valence-electron chi connectivity index (χ2n) is 8.11. The summed E-state index contributed by atoms with van der Waals surface area (Å²) in [6.45, 7) is 7.76. The Morgan fingerprint density at radius 2 is 1.82 bits per heavy atom. The summed E-state index contributed by atoms with van der Waals surface area (Å²) in [7, 11) is 0. The number of para-hydroxylation sites is 1. The van der Waals surface area contributed by atoms with E-state index in [1.165, 1.54) is 12.1 Å². The monoisotopic (exact) mass is 466 g/mol. The van der Waals surface area contributed by atoms with Crippen LogP contribution in [-0.4, -0.2) is 40.6 Å². The molecule has 9 heteroatoms. The third kappa shape index (κ3) is 4.88. The van der Waals surface area contributed by atoms with E-state index in [1.54, 1.807) is 24.3 Å². The van der Waals surface area contributed by atoms with Gasteiger partial charge in [0.05, 0.1) is 27.1 Å². The third-order valence-electron chi connectivity index (χ3n) is 5.58. The van der Waals surface area contributed by atoms with Crippen LogP contribution in [-0.2, 0) is 0 Å². The van der Waals surface area contributed by atoms with Crippen molar-refractivity contribution in [1.82, 2.24) is 10.3 Å². The number of nitro groups is 1. The standard InChI is InChI=1S/C25H30N4O5/c1-4-12-26-25(32)18-9-7-8-17-22(18)27-21(24(31)23(17)30)16-10-11-19(20(15-16)29(33)34)28(13-5-2)14-6-3/h7-11,15,31H,4-6,12-14H2,1-3H3,(H,26,32)(H,27,30). The summed E-state index contributed by atoms with van der Waals surface area (Å²) in [4.78, 5) is 42.0. The number of fused-ring (bicyclic) bond motifs is 1. The van der Waals surface area contributed by atoms with Crippen molar-refractivity contribution >= 4 is 28.2 Å². The van der Waals surface area contributed by atoms with Crippen LogP contribution in [0.2, 0.25) is 0 Å². The summed E-state index contributed by atoms with van der Waals surface area (Å²) < 4.78 is 0. The van der Waals surface area contributed by atoms with Crippen LogP contribution in [0.4, 0.5) is 11.4 Å². The Bertz CT molecular complexity index is 1260. The van der Waals surface area contributed by atoms with Crippen LogP contribution in [0.5, 0.6) is 5.75 Å². The van der Waals surface area contributed by atoms with Gasteiger partial charge in [0.2, 0.25) is 5.43 Å². The zero-order chi connectivity index (χ0) is 24.8. The fourth-order valence-corrected chi connectivity index (χ4v) is 4.02. The Kier molecular flexibility index (Phi) is 7.88. The Hall–Kier alpha value is -3.88. The number of aromatic hydroxyl groups is 1. The molecule has 0 atom stereocenters. The van der Waals surface area contributed by atoms with Gasteiger partial charge in [-0.25, -0.2) is 0 Å². The number of amides is 1. The average Bonchev–Trinajstić information content (AvgIpc) is 2.83. The molecule has 0 aliphatic rings. The van der Waals surface area contributed by atoms with Crippen molar-refractivity contribution in [3.8, 4) is 17.0 Å². The highest BCUT2D eigenvalue weighted by Gasteiger charge is 2.23. The smallest absolute Gasteiger partial charge is 0.293 e. The van der Waals surface area contributed by atoms with E-state index in [2.05, 4.69) is 10.3 Å². The van der Waals surface area contributed by atoms with Crippen molar-refractivity contribution in [2.45, 2.75) is 40.0 Å². The number of H-pyrrole nitrogens is 1. The third-order valence-corrected chi connectivity index (χ3v) is 5.58. The number of anilines is 1. The molecule has 1 aromatic heterocycles. The van der Waals surface area contributed by atoms with Gasteiger partial charge in [0.1, 0.15) is 5.69 Å². The number of nitrogens with one attached hydrogen (secondary N) is 2. The normalized spacial score (nSPS) is 10.9. The summed E-state index contributed by atoms with van der Waals surface area (Å²) in [5, 5.41) is 25.5. The molecule has 180 valence electrons. The van der Waals surface area contributed by atoms with Crippen LogP contribution in [0.1, 0.15) is 50.4 Å². The second-order valence-corrected chi connectivity index (χ2v) is 8.11. The van der Waals surface area contributed by atoms with Crippen molar-refractivity contribution < 1.29 is 14.8 Å². The molecule has 0 saturated heterocycles. The first kappa shape index (κ1) is 24.8. The number of pyridine rings is 1. The lowest BCUT2D eigenvalue weighted by molar-refractivity contribution is -0.384. The van der Waals surface area contributed by atoms with Gasteiger partial charge in [-0.05, 0) is 37.5 Å². The summed E-state index contributed by atoms with van der Waals surface area (Å²) in [5.41, 5.74) is 0.545. The van der Waals surface area contributed by atoms with Gasteiger partial charge in [0.25, 0.3) is 11.6 Å². The first-order valence-corrected chi connectivity index (χ1v) is 11.5. The molecule has 34 heavy (non-hydrogen) atoms. The van der Waals surface area contributed by atoms with Gasteiger partial charge < -0.3 is 20.3 Å². The summed E-state index contributed by atoms with van der Waals surface area (Å²) in [6, 6.07) is 9.31. The number of hydrogen-bond acceptors (Lipinski definition) is 6. The topological polar surface area (TPSA) is 129 Å². The van der Waals surface area contributed by atoms with Crippen molar-refractivity contribution in [2.75, 3.05) is 24.5 Å². The Labute approximate surface area is 197 Å². The van der Waals surface area contributed by atoms with Gasteiger partial charge >= 0.3 is 0 Å². The Balaban J connectivity index is 2.21. The number of aromatic nitrogens is 1. The number of nitrogens with zero attached hydrogens (tertiary/aromatic N) is 2. The molecule has 0 radical (unpaired) electrons. The number of nitro benzene ring substituents is 1. The van der Waals surface area contributed by atoms with Gasteiger partial charge in [-0.1, -0.05) is 32.9 Å². The lowest BCUT2D eigenvalue weighted by atomic mass is 10.0. The quantitative estimate of drug-likeness (QED) is 0.296. The van der Waals surface area contributed by atoms with E-state index in [0.717, 1.165) is 19.3 Å². The molecule has 3 aromatic rings. The molecule has 0 fully saturated rings. The number of hydrogen-bond donors (Lipinski definition) is 3. The fourth-order valence-electron chi connectivity index (χ4n) is 4.02. The number of carbonyl (C=O) groups excluding carboxylic acids is 1. The maximum Gasteiger partial charge on any atom is 0.293 e. The fraction of sp³-hybridized carbons (Fsp3) is 0.360. The van der Waals surface area contributed by atoms with E-state index < -0.39 is 16.1 Å². The minimum Gasteiger partial charge on any atom is -0.503 e. The highest BCUT2D eigenvalue weighted by atomic mass is 16.6. The molecule has 0 aliphatic heterocycles. The van der Waals surface area contributed by atoms with Gasteiger partial charge in [-0.2, -0.15) is 0 Å². The highest BCUT2D eigenvalue weighted by Crippen LogP contribution is 2.35. The molecule has 3 N–H and O–H groups in total. The maximum absolute atomic E-state index is 12.9. The molecule has 0 unspecified atom stereocenters. The predicted octanol–water partition coefficient (Wildman–Crippen LogP) is 4.58. The average molecular weight is 467 g/mol. The molecular weight excluding hydrogens is 436 g/mol. The first-order valence-electron chi connectivity index (χ1n) is 11.5. The number of carbonyl (C=O) groups is 1. The summed E-state index contributed by atoms with van der Waals surface area (Å²) in [6.07, 6.45) is 2.42. The van der Waals surface area contributed by atoms with Crippen LogP contribution in [0.3, 0.4) is 0 Å². The van der Waals surface area contributed by atoms with Gasteiger partial charge in [-0.3, -0.25) is 19.7 Å². The summed E-state index contributed by atoms with van der Waals surface area (Å²) >= 11 is 0. The van der Waals surface area contributed by atoms with E-state index in [4.69, 9.17) is 0 Å². The lowest BCUT2D eigenvalue weighted by Crippen LogP contribution is -2.25. The van der Waals surface area contributed by atoms with Crippen LogP contribution in [0.15, 0.2) is 41.2 Å². The molecule has 0 saturated carbocycles. The van der Waals surface area contributed by atoms with E-state index in [-0.39, 0.29) is 39.3 Å². The maximum atomic E-state index is 12.9. The molecule has 9 nitrogen and oxygen atoms in total. The van der Waals surface area contributed by atoms with E-state index >= 15 is 0 Å². The van der Waals surface area contributed by atoms with Crippen molar-refractivity contribution in [2.24, 2.45) is 0 Å². The Morgan fingerprint density at radius 1 is 1.12 bits per heavy atom. The largest absolute Gasteiger partial charge is 0.503 e. The minimum atomic E-state index is -0.654. The SMILES string of the molecule is CCCNC(=O)c1cccc2c(=O)c(O)c(-c3ccc(N(CCC)CCC)c([N+](=O)[O-])c3)[nH]c12. The first-order chi connectivity index (χ1) is 16.3. The van der Waals surface area contributed by atoms with E-state index in [9.17, 15) is 24.8 Å². The van der Waals surface area contributed by atoms with Crippen molar-refractivity contribution in [3.05, 3.63) is 62.3 Å². The van der Waals surface area contributed by atoms with Crippen molar-refractivity contribution in [3.63, 3.8) is 0 Å². The molecular formula is C25H30N4O5. The van der Waals surface area contributed by atoms with E-state index in [0.29, 0.717) is 25.3 Å². The van der Waals surface area contributed by atoms with Gasteiger partial charge in [-0.15, -0.1) is 0 Å². The predicted molar refractivity (Wildman–Crippen MR) is 134 cm³/mol. The molecule has 0 aliphatic carbocycles. The van der Waals surface area contributed by atoms with E-state index in [1.807, 2.05) is 25.7 Å². The molecule has 1 amide bonds. The molecule has 0 bridgehead atoms. The van der Waals surface area contributed by atoms with Crippen LogP contribution < -0.4 is 15.6 Å². The number of aromatic amines is 1. The second kappa shape index (κ2) is 10.8. The van der Waals surface area contributed by atoms with Gasteiger partial charge in [0.15, 0.2) is 5.75 Å². The Morgan fingerprint density at radius 3 is 2.44 bits per heavy atom. The molecule has 2 aromatic carbocycles. The van der Waals surface area contributed by atoms with Crippen LogP contribution in [0, 0.1) is 10.1 Å². The van der Waals surface area contributed by atoms with Gasteiger partial charge in [0, 0.05) is 31.3 Å². The molecule has 1 heterocycles. The molecule has 0 spiro atoms.